The number of nitrogens with two attached hydrogens (primary N) is 1. The average molecular weight is 184 g/mol. The standard InChI is InChI=1S/C10H14ClN/c1-7-3-4-9(6-8(2)12)10(11)5-7/h3-5,8H,6,12H2,1-2H3/t8-/m1/s1. The molecule has 0 unspecified atom stereocenters. The summed E-state index contributed by atoms with van der Waals surface area (Å²) >= 11 is 6.02. The van der Waals surface area contributed by atoms with Crippen LogP contribution in [-0.2, 0) is 6.42 Å². The van der Waals surface area contributed by atoms with Crippen molar-refractivity contribution in [3.05, 3.63) is 34.3 Å². The third-order valence-electron chi connectivity index (χ3n) is 1.75. The highest BCUT2D eigenvalue weighted by Gasteiger charge is 2.02. The summed E-state index contributed by atoms with van der Waals surface area (Å²) in [6.45, 7) is 4.01. The van der Waals surface area contributed by atoms with Gasteiger partial charge in [-0.2, -0.15) is 0 Å². The van der Waals surface area contributed by atoms with Crippen molar-refractivity contribution < 1.29 is 0 Å². The van der Waals surface area contributed by atoms with Crippen molar-refractivity contribution in [2.75, 3.05) is 0 Å². The van der Waals surface area contributed by atoms with Crippen molar-refractivity contribution in [3.63, 3.8) is 0 Å². The lowest BCUT2D eigenvalue weighted by Gasteiger charge is -2.07. The van der Waals surface area contributed by atoms with Crippen LogP contribution in [0.5, 0.6) is 0 Å². The van der Waals surface area contributed by atoms with Crippen LogP contribution in [0.4, 0.5) is 0 Å². The van der Waals surface area contributed by atoms with Gasteiger partial charge in [-0.15, -0.1) is 0 Å². The minimum Gasteiger partial charge on any atom is -0.328 e. The maximum Gasteiger partial charge on any atom is 0.0441 e. The SMILES string of the molecule is Cc1ccc(C[C@@H](C)N)c(Cl)c1. The first kappa shape index (κ1) is 9.56. The lowest BCUT2D eigenvalue weighted by Crippen LogP contribution is -2.17. The van der Waals surface area contributed by atoms with Gasteiger partial charge in [0.1, 0.15) is 0 Å². The van der Waals surface area contributed by atoms with Crippen molar-refractivity contribution in [2.24, 2.45) is 5.73 Å². The predicted octanol–water partition coefficient (Wildman–Crippen LogP) is 2.54. The molecule has 2 heteroatoms. The van der Waals surface area contributed by atoms with E-state index in [-0.39, 0.29) is 6.04 Å². The second-order valence-electron chi connectivity index (χ2n) is 3.28. The zero-order valence-corrected chi connectivity index (χ0v) is 8.23. The Kier molecular flexibility index (Phi) is 3.12. The number of halogens is 1. The van der Waals surface area contributed by atoms with Crippen LogP contribution in [-0.4, -0.2) is 6.04 Å². The van der Waals surface area contributed by atoms with E-state index in [1.807, 2.05) is 26.0 Å². The van der Waals surface area contributed by atoms with Gasteiger partial charge in [0.25, 0.3) is 0 Å². The van der Waals surface area contributed by atoms with Gasteiger partial charge in [-0.05, 0) is 37.5 Å². The fraction of sp³-hybridized carbons (Fsp3) is 0.400. The molecule has 0 radical (unpaired) electrons. The van der Waals surface area contributed by atoms with E-state index < -0.39 is 0 Å². The molecule has 0 spiro atoms. The smallest absolute Gasteiger partial charge is 0.0441 e. The minimum absolute atomic E-state index is 0.171. The highest BCUT2D eigenvalue weighted by Crippen LogP contribution is 2.18. The number of rotatable bonds is 2. The zero-order chi connectivity index (χ0) is 9.14. The van der Waals surface area contributed by atoms with Crippen LogP contribution in [0.2, 0.25) is 5.02 Å². The van der Waals surface area contributed by atoms with E-state index in [0.29, 0.717) is 0 Å². The van der Waals surface area contributed by atoms with Crippen molar-refractivity contribution >= 4 is 11.6 Å². The molecule has 0 amide bonds. The Morgan fingerprint density at radius 1 is 1.50 bits per heavy atom. The fourth-order valence-corrected chi connectivity index (χ4v) is 1.48. The number of hydrogen-bond donors (Lipinski definition) is 1. The first-order valence-electron chi connectivity index (χ1n) is 4.10. The molecule has 0 aromatic heterocycles. The Morgan fingerprint density at radius 3 is 2.67 bits per heavy atom. The van der Waals surface area contributed by atoms with Crippen molar-refractivity contribution in [2.45, 2.75) is 26.3 Å². The molecule has 66 valence electrons. The van der Waals surface area contributed by atoms with E-state index in [1.54, 1.807) is 0 Å². The molecular weight excluding hydrogens is 170 g/mol. The Balaban J connectivity index is 2.86. The maximum absolute atomic E-state index is 6.02. The normalized spacial score (nSPS) is 13.0. The zero-order valence-electron chi connectivity index (χ0n) is 7.47. The molecule has 0 saturated carbocycles. The Morgan fingerprint density at radius 2 is 2.17 bits per heavy atom. The van der Waals surface area contributed by atoms with E-state index in [1.165, 1.54) is 5.56 Å². The van der Waals surface area contributed by atoms with Crippen molar-refractivity contribution in [3.8, 4) is 0 Å². The molecule has 0 aliphatic carbocycles. The lowest BCUT2D eigenvalue weighted by molar-refractivity contribution is 0.738. The van der Waals surface area contributed by atoms with E-state index >= 15 is 0 Å². The van der Waals surface area contributed by atoms with Crippen molar-refractivity contribution in [1.29, 1.82) is 0 Å². The Hall–Kier alpha value is -0.530. The lowest BCUT2D eigenvalue weighted by atomic mass is 10.1. The second kappa shape index (κ2) is 3.92. The predicted molar refractivity (Wildman–Crippen MR) is 53.5 cm³/mol. The topological polar surface area (TPSA) is 26.0 Å². The summed E-state index contributed by atoms with van der Waals surface area (Å²) in [5, 5.41) is 0.826. The van der Waals surface area contributed by atoms with Crippen molar-refractivity contribution in [1.82, 2.24) is 0 Å². The molecule has 12 heavy (non-hydrogen) atoms. The molecule has 0 aliphatic heterocycles. The Bertz CT molecular complexity index is 269. The van der Waals surface area contributed by atoms with Gasteiger partial charge in [-0.3, -0.25) is 0 Å². The van der Waals surface area contributed by atoms with Gasteiger partial charge >= 0.3 is 0 Å². The maximum atomic E-state index is 6.02. The molecule has 1 nitrogen and oxygen atoms in total. The van der Waals surface area contributed by atoms with Gasteiger partial charge in [0.2, 0.25) is 0 Å². The van der Waals surface area contributed by atoms with E-state index in [4.69, 9.17) is 17.3 Å². The van der Waals surface area contributed by atoms with E-state index in [0.717, 1.165) is 17.0 Å². The molecule has 1 aromatic carbocycles. The molecule has 0 fully saturated rings. The molecular formula is C10H14ClN. The summed E-state index contributed by atoms with van der Waals surface area (Å²) < 4.78 is 0. The van der Waals surface area contributed by atoms with Crippen LogP contribution in [0, 0.1) is 6.92 Å². The molecule has 0 aliphatic rings. The molecule has 1 rings (SSSR count). The van der Waals surface area contributed by atoms with E-state index in [2.05, 4.69) is 6.07 Å². The van der Waals surface area contributed by atoms with Gasteiger partial charge < -0.3 is 5.73 Å². The fourth-order valence-electron chi connectivity index (χ4n) is 1.16. The molecule has 2 N–H and O–H groups in total. The number of benzene rings is 1. The van der Waals surface area contributed by atoms with Crippen LogP contribution in [0.1, 0.15) is 18.1 Å². The van der Waals surface area contributed by atoms with Gasteiger partial charge in [0.05, 0.1) is 0 Å². The summed E-state index contributed by atoms with van der Waals surface area (Å²) in [5.74, 6) is 0. The van der Waals surface area contributed by atoms with Crippen LogP contribution in [0.15, 0.2) is 18.2 Å². The summed E-state index contributed by atoms with van der Waals surface area (Å²) in [4.78, 5) is 0. The highest BCUT2D eigenvalue weighted by atomic mass is 35.5. The molecule has 0 heterocycles. The third-order valence-corrected chi connectivity index (χ3v) is 2.10. The summed E-state index contributed by atoms with van der Waals surface area (Å²) in [5.41, 5.74) is 8.00. The second-order valence-corrected chi connectivity index (χ2v) is 3.68. The molecule has 1 aromatic rings. The molecule has 0 bridgehead atoms. The van der Waals surface area contributed by atoms with Crippen LogP contribution >= 0.6 is 11.6 Å². The minimum atomic E-state index is 0.171. The first-order chi connectivity index (χ1) is 5.59. The number of hydrogen-bond acceptors (Lipinski definition) is 1. The molecule has 0 saturated heterocycles. The Labute approximate surface area is 78.5 Å². The average Bonchev–Trinajstić information content (AvgIpc) is 1.94. The van der Waals surface area contributed by atoms with Crippen LogP contribution in [0.3, 0.4) is 0 Å². The van der Waals surface area contributed by atoms with Crippen LogP contribution in [0.25, 0.3) is 0 Å². The number of aryl methyl sites for hydroxylation is 1. The summed E-state index contributed by atoms with van der Waals surface area (Å²) in [6, 6.07) is 6.24. The van der Waals surface area contributed by atoms with Gasteiger partial charge in [0.15, 0.2) is 0 Å². The quantitative estimate of drug-likeness (QED) is 0.750. The molecule has 1 atom stereocenters. The third kappa shape index (κ3) is 2.50. The van der Waals surface area contributed by atoms with Gasteiger partial charge in [0, 0.05) is 11.1 Å². The monoisotopic (exact) mass is 183 g/mol. The van der Waals surface area contributed by atoms with Gasteiger partial charge in [-0.25, -0.2) is 0 Å². The first-order valence-corrected chi connectivity index (χ1v) is 4.48. The van der Waals surface area contributed by atoms with Crippen LogP contribution < -0.4 is 5.73 Å². The summed E-state index contributed by atoms with van der Waals surface area (Å²) in [6.07, 6.45) is 0.846. The van der Waals surface area contributed by atoms with E-state index in [9.17, 15) is 0 Å². The van der Waals surface area contributed by atoms with Gasteiger partial charge in [-0.1, -0.05) is 23.7 Å². The highest BCUT2D eigenvalue weighted by molar-refractivity contribution is 6.31. The summed E-state index contributed by atoms with van der Waals surface area (Å²) in [7, 11) is 0. The largest absolute Gasteiger partial charge is 0.328 e.